The maximum Gasteiger partial charge on any atom is 0.131 e. The molecule has 0 radical (unpaired) electrons. The smallest absolute Gasteiger partial charge is 0.131 e. The van der Waals surface area contributed by atoms with Gasteiger partial charge in [-0.2, -0.15) is 0 Å². The van der Waals surface area contributed by atoms with Crippen LogP contribution in [0.25, 0.3) is 11.1 Å². The third-order valence-electron chi connectivity index (χ3n) is 2.48. The summed E-state index contributed by atoms with van der Waals surface area (Å²) in [5.41, 5.74) is 7.84. The predicted octanol–water partition coefficient (Wildman–Crippen LogP) is 3.12. The fourth-order valence-corrected chi connectivity index (χ4v) is 1.61. The Morgan fingerprint density at radius 3 is 2.59 bits per heavy atom. The second kappa shape index (κ2) is 5.34. The van der Waals surface area contributed by atoms with E-state index < -0.39 is 0 Å². The molecule has 0 bridgehead atoms. The topological polar surface area (TPSA) is 48.1 Å². The van der Waals surface area contributed by atoms with Crippen LogP contribution in [0.1, 0.15) is 13.3 Å². The molecular formula is C14H16N2O. The van der Waals surface area contributed by atoms with E-state index >= 15 is 0 Å². The summed E-state index contributed by atoms with van der Waals surface area (Å²) >= 11 is 0. The van der Waals surface area contributed by atoms with Gasteiger partial charge in [-0.15, -0.1) is 0 Å². The molecule has 0 saturated carbocycles. The molecule has 0 fully saturated rings. The minimum absolute atomic E-state index is 0.551. The number of benzene rings is 1. The normalized spacial score (nSPS) is 10.2. The van der Waals surface area contributed by atoms with Crippen LogP contribution in [0.15, 0.2) is 42.6 Å². The van der Waals surface area contributed by atoms with Crippen LogP contribution in [0.5, 0.6) is 5.75 Å². The summed E-state index contributed by atoms with van der Waals surface area (Å²) in [4.78, 5) is 4.07. The summed E-state index contributed by atoms with van der Waals surface area (Å²) in [5.74, 6) is 1.44. The largest absolute Gasteiger partial charge is 0.494 e. The van der Waals surface area contributed by atoms with E-state index in [1.807, 2.05) is 36.4 Å². The van der Waals surface area contributed by atoms with Crippen molar-refractivity contribution in [3.63, 3.8) is 0 Å². The van der Waals surface area contributed by atoms with E-state index in [2.05, 4.69) is 11.9 Å². The molecule has 17 heavy (non-hydrogen) atoms. The summed E-state index contributed by atoms with van der Waals surface area (Å²) in [6.07, 6.45) is 2.70. The molecule has 0 aliphatic carbocycles. The molecule has 2 rings (SSSR count). The zero-order valence-electron chi connectivity index (χ0n) is 9.89. The predicted molar refractivity (Wildman–Crippen MR) is 69.9 cm³/mol. The summed E-state index contributed by atoms with van der Waals surface area (Å²) < 4.78 is 5.53. The Balaban J connectivity index is 2.21. The average molecular weight is 228 g/mol. The van der Waals surface area contributed by atoms with Gasteiger partial charge in [-0.1, -0.05) is 19.1 Å². The van der Waals surface area contributed by atoms with Crippen molar-refractivity contribution in [3.8, 4) is 16.9 Å². The molecule has 0 unspecified atom stereocenters. The summed E-state index contributed by atoms with van der Waals surface area (Å²) in [7, 11) is 0. The van der Waals surface area contributed by atoms with Crippen LogP contribution in [-0.4, -0.2) is 11.6 Å². The van der Waals surface area contributed by atoms with Crippen molar-refractivity contribution in [2.45, 2.75) is 13.3 Å². The van der Waals surface area contributed by atoms with Gasteiger partial charge < -0.3 is 10.5 Å². The summed E-state index contributed by atoms with van der Waals surface area (Å²) in [6.45, 7) is 2.83. The van der Waals surface area contributed by atoms with Crippen molar-refractivity contribution >= 4 is 5.82 Å². The molecule has 0 amide bonds. The fourth-order valence-electron chi connectivity index (χ4n) is 1.61. The van der Waals surface area contributed by atoms with Crippen LogP contribution in [0, 0.1) is 0 Å². The second-order valence-electron chi connectivity index (χ2n) is 3.81. The third kappa shape index (κ3) is 2.75. The highest BCUT2D eigenvalue weighted by Crippen LogP contribution is 2.25. The number of nitrogens with zero attached hydrogens (tertiary/aromatic N) is 1. The lowest BCUT2D eigenvalue weighted by Gasteiger charge is -2.07. The number of nitrogens with two attached hydrogens (primary N) is 1. The Bertz CT molecular complexity index is 480. The monoisotopic (exact) mass is 228 g/mol. The SMILES string of the molecule is CCCOc1ccc(-c2cccnc2N)cc1. The van der Waals surface area contributed by atoms with E-state index in [-0.39, 0.29) is 0 Å². The van der Waals surface area contributed by atoms with Gasteiger partial charge in [-0.25, -0.2) is 4.98 Å². The quantitative estimate of drug-likeness (QED) is 0.874. The fraction of sp³-hybridized carbons (Fsp3) is 0.214. The molecule has 88 valence electrons. The molecule has 0 atom stereocenters. The minimum Gasteiger partial charge on any atom is -0.494 e. The molecule has 2 aromatic rings. The van der Waals surface area contributed by atoms with E-state index in [1.165, 1.54) is 0 Å². The summed E-state index contributed by atoms with van der Waals surface area (Å²) in [6, 6.07) is 11.8. The number of ether oxygens (including phenoxy) is 1. The van der Waals surface area contributed by atoms with Gasteiger partial charge in [0.25, 0.3) is 0 Å². The molecule has 1 aromatic carbocycles. The highest BCUT2D eigenvalue weighted by atomic mass is 16.5. The molecule has 3 nitrogen and oxygen atoms in total. The molecule has 0 spiro atoms. The Hall–Kier alpha value is -2.03. The Morgan fingerprint density at radius 1 is 1.18 bits per heavy atom. The van der Waals surface area contributed by atoms with E-state index in [1.54, 1.807) is 6.20 Å². The third-order valence-corrected chi connectivity index (χ3v) is 2.48. The van der Waals surface area contributed by atoms with Gasteiger partial charge in [0.05, 0.1) is 6.61 Å². The molecule has 2 N–H and O–H groups in total. The molecule has 0 aliphatic heterocycles. The zero-order valence-corrected chi connectivity index (χ0v) is 9.89. The first-order valence-corrected chi connectivity index (χ1v) is 5.75. The molecule has 3 heteroatoms. The number of nitrogen functional groups attached to an aromatic ring is 1. The number of hydrogen-bond donors (Lipinski definition) is 1. The van der Waals surface area contributed by atoms with Gasteiger partial charge in [0.15, 0.2) is 0 Å². The molecule has 0 saturated heterocycles. The second-order valence-corrected chi connectivity index (χ2v) is 3.81. The van der Waals surface area contributed by atoms with Crippen molar-refractivity contribution in [2.75, 3.05) is 12.3 Å². The molecule has 1 aromatic heterocycles. The van der Waals surface area contributed by atoms with Crippen molar-refractivity contribution < 1.29 is 4.74 Å². The highest BCUT2D eigenvalue weighted by Gasteiger charge is 2.02. The first-order chi connectivity index (χ1) is 8.31. The maximum atomic E-state index is 5.83. The van der Waals surface area contributed by atoms with Crippen LogP contribution in [0.4, 0.5) is 5.82 Å². The van der Waals surface area contributed by atoms with Gasteiger partial charge >= 0.3 is 0 Å². The van der Waals surface area contributed by atoms with Gasteiger partial charge in [-0.05, 0) is 36.2 Å². The number of anilines is 1. The van der Waals surface area contributed by atoms with Gasteiger partial charge in [0, 0.05) is 11.8 Å². The molecule has 0 aliphatic rings. The van der Waals surface area contributed by atoms with E-state index in [0.717, 1.165) is 29.9 Å². The number of hydrogen-bond acceptors (Lipinski definition) is 3. The first kappa shape index (κ1) is 11.5. The van der Waals surface area contributed by atoms with Gasteiger partial charge in [-0.3, -0.25) is 0 Å². The van der Waals surface area contributed by atoms with E-state index in [4.69, 9.17) is 10.5 Å². The van der Waals surface area contributed by atoms with Gasteiger partial charge in [0.1, 0.15) is 11.6 Å². The van der Waals surface area contributed by atoms with Crippen molar-refractivity contribution in [2.24, 2.45) is 0 Å². The number of rotatable bonds is 4. The Morgan fingerprint density at radius 2 is 1.94 bits per heavy atom. The Labute approximate surface area is 101 Å². The summed E-state index contributed by atoms with van der Waals surface area (Å²) in [5, 5.41) is 0. The van der Waals surface area contributed by atoms with E-state index in [0.29, 0.717) is 5.82 Å². The first-order valence-electron chi connectivity index (χ1n) is 5.75. The average Bonchev–Trinajstić information content (AvgIpc) is 2.38. The minimum atomic E-state index is 0.551. The van der Waals surface area contributed by atoms with Gasteiger partial charge in [0.2, 0.25) is 0 Å². The molecular weight excluding hydrogens is 212 g/mol. The Kier molecular flexibility index (Phi) is 3.60. The van der Waals surface area contributed by atoms with Crippen LogP contribution >= 0.6 is 0 Å². The van der Waals surface area contributed by atoms with Crippen LogP contribution in [-0.2, 0) is 0 Å². The highest BCUT2D eigenvalue weighted by molar-refractivity contribution is 5.73. The lowest BCUT2D eigenvalue weighted by Crippen LogP contribution is -1.95. The van der Waals surface area contributed by atoms with E-state index in [9.17, 15) is 0 Å². The number of aromatic nitrogens is 1. The standard InChI is InChI=1S/C14H16N2O/c1-2-10-17-12-7-5-11(6-8-12)13-4-3-9-16-14(13)15/h3-9H,2,10H2,1H3,(H2,15,16). The lowest BCUT2D eigenvalue weighted by atomic mass is 10.1. The van der Waals surface area contributed by atoms with Crippen molar-refractivity contribution in [1.82, 2.24) is 4.98 Å². The maximum absolute atomic E-state index is 5.83. The molecule has 1 heterocycles. The van der Waals surface area contributed by atoms with Crippen LogP contribution in [0.3, 0.4) is 0 Å². The van der Waals surface area contributed by atoms with Crippen LogP contribution < -0.4 is 10.5 Å². The van der Waals surface area contributed by atoms with Crippen LogP contribution in [0.2, 0.25) is 0 Å². The van der Waals surface area contributed by atoms with Crippen molar-refractivity contribution in [1.29, 1.82) is 0 Å². The number of pyridine rings is 1. The van der Waals surface area contributed by atoms with Crippen molar-refractivity contribution in [3.05, 3.63) is 42.6 Å². The lowest BCUT2D eigenvalue weighted by molar-refractivity contribution is 0.317. The zero-order chi connectivity index (χ0) is 12.1.